The van der Waals surface area contributed by atoms with Crippen molar-refractivity contribution in [1.82, 2.24) is 24.8 Å². The predicted molar refractivity (Wildman–Crippen MR) is 99.7 cm³/mol. The van der Waals surface area contributed by atoms with Gasteiger partial charge in [0.1, 0.15) is 0 Å². The van der Waals surface area contributed by atoms with Crippen LogP contribution in [0.5, 0.6) is 0 Å². The highest BCUT2D eigenvalue weighted by Crippen LogP contribution is 2.31. The standard InChI is InChI=1S/C19H24F3N5O2/c1-13(18(28)25(2)3)27-9-7-26(8-10-27)12-16-23-17(24-29-16)14-5-4-6-15(11-14)19(20,21)22/h4-6,11,13H,7-10,12H2,1-3H3. The largest absolute Gasteiger partial charge is 0.416 e. The van der Waals surface area contributed by atoms with Crippen LogP contribution in [-0.4, -0.2) is 77.1 Å². The van der Waals surface area contributed by atoms with Gasteiger partial charge in [0.2, 0.25) is 17.6 Å². The van der Waals surface area contributed by atoms with Crippen LogP contribution in [0, 0.1) is 0 Å². The number of hydrogen-bond acceptors (Lipinski definition) is 6. The number of halogens is 3. The molecule has 1 amide bonds. The van der Waals surface area contributed by atoms with Crippen LogP contribution in [0.15, 0.2) is 28.8 Å². The van der Waals surface area contributed by atoms with Gasteiger partial charge in [-0.2, -0.15) is 18.2 Å². The van der Waals surface area contributed by atoms with Gasteiger partial charge < -0.3 is 9.42 Å². The molecule has 0 N–H and O–H groups in total. The van der Waals surface area contributed by atoms with E-state index in [1.165, 1.54) is 12.1 Å². The Kier molecular flexibility index (Phi) is 6.23. The molecule has 1 unspecified atom stereocenters. The zero-order valence-electron chi connectivity index (χ0n) is 16.6. The summed E-state index contributed by atoms with van der Waals surface area (Å²) in [7, 11) is 3.49. The second-order valence-electron chi connectivity index (χ2n) is 7.31. The molecule has 0 spiro atoms. The third kappa shape index (κ3) is 5.13. The quantitative estimate of drug-likeness (QED) is 0.753. The summed E-state index contributed by atoms with van der Waals surface area (Å²) in [6.45, 7) is 5.23. The minimum Gasteiger partial charge on any atom is -0.347 e. The van der Waals surface area contributed by atoms with E-state index >= 15 is 0 Å². The van der Waals surface area contributed by atoms with Gasteiger partial charge in [-0.25, -0.2) is 0 Å². The van der Waals surface area contributed by atoms with Crippen LogP contribution in [0.4, 0.5) is 13.2 Å². The summed E-state index contributed by atoms with van der Waals surface area (Å²) in [6, 6.07) is 4.68. The van der Waals surface area contributed by atoms with Crippen molar-refractivity contribution in [2.45, 2.75) is 25.7 Å². The third-order valence-electron chi connectivity index (χ3n) is 5.03. The van der Waals surface area contributed by atoms with Crippen molar-refractivity contribution >= 4 is 5.91 Å². The van der Waals surface area contributed by atoms with Gasteiger partial charge in [-0.05, 0) is 19.1 Å². The molecule has 1 atom stereocenters. The van der Waals surface area contributed by atoms with E-state index in [-0.39, 0.29) is 23.3 Å². The van der Waals surface area contributed by atoms with E-state index in [1.807, 2.05) is 6.92 Å². The van der Waals surface area contributed by atoms with Gasteiger partial charge in [0.25, 0.3) is 0 Å². The molecular weight excluding hydrogens is 387 g/mol. The fourth-order valence-electron chi connectivity index (χ4n) is 3.30. The van der Waals surface area contributed by atoms with E-state index in [0.29, 0.717) is 12.4 Å². The number of carbonyl (C=O) groups excluding carboxylic acids is 1. The highest BCUT2D eigenvalue weighted by molar-refractivity contribution is 5.80. The van der Waals surface area contributed by atoms with Crippen molar-refractivity contribution in [3.05, 3.63) is 35.7 Å². The second-order valence-corrected chi connectivity index (χ2v) is 7.31. The highest BCUT2D eigenvalue weighted by Gasteiger charge is 2.31. The van der Waals surface area contributed by atoms with Gasteiger partial charge in [0.05, 0.1) is 18.2 Å². The van der Waals surface area contributed by atoms with E-state index in [4.69, 9.17) is 4.52 Å². The Morgan fingerprint density at radius 1 is 1.24 bits per heavy atom. The Labute approximate surface area is 167 Å². The van der Waals surface area contributed by atoms with Crippen LogP contribution >= 0.6 is 0 Å². The van der Waals surface area contributed by atoms with Crippen LogP contribution in [0.25, 0.3) is 11.4 Å². The Morgan fingerprint density at radius 3 is 2.55 bits per heavy atom. The van der Waals surface area contributed by atoms with Crippen molar-refractivity contribution in [2.24, 2.45) is 0 Å². The topological polar surface area (TPSA) is 65.7 Å². The van der Waals surface area contributed by atoms with Crippen molar-refractivity contribution in [3.8, 4) is 11.4 Å². The number of piperazine rings is 1. The molecular formula is C19H24F3N5O2. The number of alkyl halides is 3. The van der Waals surface area contributed by atoms with E-state index in [9.17, 15) is 18.0 Å². The molecule has 3 rings (SSSR count). The maximum absolute atomic E-state index is 12.9. The molecule has 0 bridgehead atoms. The molecule has 0 saturated carbocycles. The van der Waals surface area contributed by atoms with Gasteiger partial charge in [-0.15, -0.1) is 0 Å². The lowest BCUT2D eigenvalue weighted by Crippen LogP contribution is -2.53. The van der Waals surface area contributed by atoms with Crippen LogP contribution in [0.2, 0.25) is 0 Å². The van der Waals surface area contributed by atoms with Crippen LogP contribution < -0.4 is 0 Å². The maximum Gasteiger partial charge on any atom is 0.416 e. The number of benzene rings is 1. The predicted octanol–water partition coefficient (Wildman–Crippen LogP) is 2.35. The molecule has 1 aliphatic rings. The average Bonchev–Trinajstić information content (AvgIpc) is 3.15. The normalized spacial score (nSPS) is 17.3. The Hall–Kier alpha value is -2.46. The lowest BCUT2D eigenvalue weighted by atomic mass is 10.1. The minimum atomic E-state index is -4.42. The van der Waals surface area contributed by atoms with Gasteiger partial charge in [0, 0.05) is 45.8 Å². The molecule has 1 aliphatic heterocycles. The first kappa shape index (κ1) is 21.3. The van der Waals surface area contributed by atoms with E-state index in [1.54, 1.807) is 19.0 Å². The van der Waals surface area contributed by atoms with Crippen molar-refractivity contribution < 1.29 is 22.5 Å². The van der Waals surface area contributed by atoms with E-state index < -0.39 is 11.7 Å². The minimum absolute atomic E-state index is 0.0704. The first-order valence-electron chi connectivity index (χ1n) is 9.33. The average molecular weight is 411 g/mol. The summed E-state index contributed by atoms with van der Waals surface area (Å²) in [6.07, 6.45) is -4.42. The summed E-state index contributed by atoms with van der Waals surface area (Å²) in [5.41, 5.74) is -0.491. The fourth-order valence-corrected chi connectivity index (χ4v) is 3.30. The van der Waals surface area contributed by atoms with E-state index in [0.717, 1.165) is 38.3 Å². The molecule has 1 saturated heterocycles. The summed E-state index contributed by atoms with van der Waals surface area (Å²) >= 11 is 0. The Morgan fingerprint density at radius 2 is 1.93 bits per heavy atom. The first-order valence-corrected chi connectivity index (χ1v) is 9.33. The van der Waals surface area contributed by atoms with Crippen molar-refractivity contribution in [3.63, 3.8) is 0 Å². The lowest BCUT2D eigenvalue weighted by Gasteiger charge is -2.37. The molecule has 1 fully saturated rings. The lowest BCUT2D eigenvalue weighted by molar-refractivity contribution is -0.137. The third-order valence-corrected chi connectivity index (χ3v) is 5.03. The summed E-state index contributed by atoms with van der Waals surface area (Å²) in [5, 5.41) is 3.82. The van der Waals surface area contributed by atoms with E-state index in [2.05, 4.69) is 19.9 Å². The summed E-state index contributed by atoms with van der Waals surface area (Å²) < 4.78 is 43.9. The van der Waals surface area contributed by atoms with Crippen molar-refractivity contribution in [2.75, 3.05) is 40.3 Å². The molecule has 1 aromatic heterocycles. The number of carbonyl (C=O) groups is 1. The number of nitrogens with zero attached hydrogens (tertiary/aromatic N) is 5. The summed E-state index contributed by atoms with van der Waals surface area (Å²) in [4.78, 5) is 22.2. The number of aromatic nitrogens is 2. The number of amides is 1. The first-order chi connectivity index (χ1) is 13.6. The highest BCUT2D eigenvalue weighted by atomic mass is 19.4. The van der Waals surface area contributed by atoms with Gasteiger partial charge in [0.15, 0.2) is 0 Å². The molecule has 2 heterocycles. The SMILES string of the molecule is CC(C(=O)N(C)C)N1CCN(Cc2nc(-c3cccc(C(F)(F)F)c3)no2)CC1. The fraction of sp³-hybridized carbons (Fsp3) is 0.526. The molecule has 2 aromatic rings. The molecule has 0 radical (unpaired) electrons. The second kappa shape index (κ2) is 8.50. The number of likely N-dealkylation sites (N-methyl/N-ethyl adjacent to an activating group) is 1. The zero-order valence-corrected chi connectivity index (χ0v) is 16.6. The maximum atomic E-state index is 12.9. The van der Waals surface area contributed by atoms with Gasteiger partial charge in [-0.3, -0.25) is 14.6 Å². The van der Waals surface area contributed by atoms with Crippen LogP contribution in [-0.2, 0) is 17.5 Å². The molecule has 29 heavy (non-hydrogen) atoms. The Bertz CT molecular complexity index is 844. The Balaban J connectivity index is 1.59. The number of hydrogen-bond donors (Lipinski definition) is 0. The molecule has 10 heteroatoms. The molecule has 0 aliphatic carbocycles. The molecule has 158 valence electrons. The van der Waals surface area contributed by atoms with Crippen LogP contribution in [0.3, 0.4) is 0 Å². The zero-order chi connectivity index (χ0) is 21.2. The smallest absolute Gasteiger partial charge is 0.347 e. The molecule has 7 nitrogen and oxygen atoms in total. The summed E-state index contributed by atoms with van der Waals surface area (Å²) in [5.74, 6) is 0.555. The van der Waals surface area contributed by atoms with Crippen LogP contribution in [0.1, 0.15) is 18.4 Å². The molecule has 1 aromatic carbocycles. The monoisotopic (exact) mass is 411 g/mol. The van der Waals surface area contributed by atoms with Crippen molar-refractivity contribution in [1.29, 1.82) is 0 Å². The van der Waals surface area contributed by atoms with Gasteiger partial charge >= 0.3 is 6.18 Å². The van der Waals surface area contributed by atoms with Gasteiger partial charge in [-0.1, -0.05) is 17.3 Å². The number of rotatable bonds is 5.